The van der Waals surface area contributed by atoms with Gasteiger partial charge in [-0.25, -0.2) is 4.98 Å². The van der Waals surface area contributed by atoms with E-state index in [4.69, 9.17) is 11.6 Å². The van der Waals surface area contributed by atoms with Gasteiger partial charge in [-0.3, -0.25) is 14.2 Å². The SMILES string of the molecule is Cc1ccc2[nH]c3c(=O)n(CC(=O)N4CCN(c5ccc(Cl)cc5)CC4)cnc3c2c1. The molecule has 1 amide bonds. The van der Waals surface area contributed by atoms with Crippen LogP contribution in [0.2, 0.25) is 5.02 Å². The Morgan fingerprint density at radius 2 is 1.84 bits per heavy atom. The number of anilines is 1. The maximum Gasteiger partial charge on any atom is 0.278 e. The van der Waals surface area contributed by atoms with E-state index in [-0.39, 0.29) is 18.0 Å². The Hall–Kier alpha value is -3.32. The molecule has 0 spiro atoms. The molecule has 2 aromatic heterocycles. The number of piperazine rings is 1. The normalized spacial score (nSPS) is 14.5. The maximum atomic E-state index is 13.0. The first-order valence-corrected chi connectivity index (χ1v) is 10.6. The van der Waals surface area contributed by atoms with Gasteiger partial charge in [0.05, 0.1) is 6.33 Å². The summed E-state index contributed by atoms with van der Waals surface area (Å²) in [7, 11) is 0. The van der Waals surface area contributed by atoms with Crippen molar-refractivity contribution in [2.45, 2.75) is 13.5 Å². The van der Waals surface area contributed by atoms with Crippen LogP contribution >= 0.6 is 11.6 Å². The van der Waals surface area contributed by atoms with Crippen LogP contribution in [0.25, 0.3) is 21.9 Å². The van der Waals surface area contributed by atoms with Crippen molar-refractivity contribution in [3.63, 3.8) is 0 Å². The third kappa shape index (κ3) is 3.65. The minimum atomic E-state index is -0.230. The molecule has 1 fully saturated rings. The highest BCUT2D eigenvalue weighted by Gasteiger charge is 2.22. The molecule has 0 unspecified atom stereocenters. The van der Waals surface area contributed by atoms with Crippen LogP contribution in [0, 0.1) is 6.92 Å². The number of H-pyrrole nitrogens is 1. The van der Waals surface area contributed by atoms with Gasteiger partial charge in [-0.1, -0.05) is 23.2 Å². The molecule has 1 saturated heterocycles. The molecule has 4 aromatic rings. The summed E-state index contributed by atoms with van der Waals surface area (Å²) in [6.07, 6.45) is 1.47. The lowest BCUT2D eigenvalue weighted by Gasteiger charge is -2.36. The van der Waals surface area contributed by atoms with E-state index in [0.717, 1.165) is 35.2 Å². The smallest absolute Gasteiger partial charge is 0.278 e. The van der Waals surface area contributed by atoms with Gasteiger partial charge in [-0.15, -0.1) is 0 Å². The van der Waals surface area contributed by atoms with Gasteiger partial charge in [0.1, 0.15) is 17.6 Å². The Labute approximate surface area is 183 Å². The first-order chi connectivity index (χ1) is 15.0. The van der Waals surface area contributed by atoms with E-state index in [1.807, 2.05) is 49.4 Å². The Morgan fingerprint density at radius 3 is 2.58 bits per heavy atom. The van der Waals surface area contributed by atoms with Gasteiger partial charge in [0.2, 0.25) is 5.91 Å². The fraction of sp³-hybridized carbons (Fsp3) is 0.261. The number of amides is 1. The average Bonchev–Trinajstić information content (AvgIpc) is 3.15. The van der Waals surface area contributed by atoms with Gasteiger partial charge in [0.25, 0.3) is 5.56 Å². The fourth-order valence-electron chi connectivity index (χ4n) is 4.13. The van der Waals surface area contributed by atoms with Crippen LogP contribution in [0.15, 0.2) is 53.6 Å². The Balaban J connectivity index is 1.31. The minimum absolute atomic E-state index is 0.0168. The lowest BCUT2D eigenvalue weighted by Crippen LogP contribution is -2.50. The van der Waals surface area contributed by atoms with Gasteiger partial charge < -0.3 is 14.8 Å². The average molecular weight is 436 g/mol. The number of aromatic nitrogens is 3. The van der Waals surface area contributed by atoms with Crippen molar-refractivity contribution in [3.05, 3.63) is 69.7 Å². The van der Waals surface area contributed by atoms with E-state index < -0.39 is 0 Å². The summed E-state index contributed by atoms with van der Waals surface area (Å²) >= 11 is 5.96. The van der Waals surface area contributed by atoms with E-state index in [1.165, 1.54) is 10.9 Å². The summed E-state index contributed by atoms with van der Waals surface area (Å²) in [6.45, 7) is 4.68. The molecule has 1 aliphatic rings. The topological polar surface area (TPSA) is 74.2 Å². The molecule has 2 aromatic carbocycles. The van der Waals surface area contributed by atoms with Gasteiger partial charge in [-0.2, -0.15) is 0 Å². The van der Waals surface area contributed by atoms with E-state index in [9.17, 15) is 9.59 Å². The van der Waals surface area contributed by atoms with Crippen LogP contribution in [0.1, 0.15) is 5.56 Å². The number of benzene rings is 2. The van der Waals surface area contributed by atoms with Crippen LogP contribution in [0.3, 0.4) is 0 Å². The number of hydrogen-bond donors (Lipinski definition) is 1. The number of hydrogen-bond acceptors (Lipinski definition) is 4. The molecule has 0 radical (unpaired) electrons. The predicted molar refractivity (Wildman–Crippen MR) is 123 cm³/mol. The van der Waals surface area contributed by atoms with Gasteiger partial charge >= 0.3 is 0 Å². The number of carbonyl (C=O) groups excluding carboxylic acids is 1. The number of halogens is 1. The van der Waals surface area contributed by atoms with Crippen molar-refractivity contribution < 1.29 is 4.79 Å². The molecule has 0 saturated carbocycles. The van der Waals surface area contributed by atoms with Crippen molar-refractivity contribution in [3.8, 4) is 0 Å². The first kappa shape index (κ1) is 19.6. The summed E-state index contributed by atoms with van der Waals surface area (Å²) in [5.41, 5.74) is 3.91. The second-order valence-corrected chi connectivity index (χ2v) is 8.36. The molecule has 3 heterocycles. The van der Waals surface area contributed by atoms with Crippen LogP contribution in [-0.2, 0) is 11.3 Å². The number of rotatable bonds is 3. The Bertz CT molecular complexity index is 1330. The quantitative estimate of drug-likeness (QED) is 0.536. The molecule has 158 valence electrons. The molecule has 0 atom stereocenters. The molecule has 7 nitrogen and oxygen atoms in total. The van der Waals surface area contributed by atoms with Crippen LogP contribution in [0.4, 0.5) is 5.69 Å². The van der Waals surface area contributed by atoms with E-state index in [1.54, 1.807) is 4.90 Å². The van der Waals surface area contributed by atoms with Crippen LogP contribution in [0.5, 0.6) is 0 Å². The molecule has 1 N–H and O–H groups in total. The highest BCUT2D eigenvalue weighted by Crippen LogP contribution is 2.22. The van der Waals surface area contributed by atoms with Crippen molar-refractivity contribution in [2.24, 2.45) is 0 Å². The van der Waals surface area contributed by atoms with Gasteiger partial charge in [0, 0.05) is 47.8 Å². The van der Waals surface area contributed by atoms with Crippen LogP contribution < -0.4 is 10.5 Å². The standard InChI is InChI=1S/C23H22ClN5O2/c1-15-2-7-19-18(12-15)21-22(26-19)23(31)29(14-25-21)13-20(30)28-10-8-27(9-11-28)17-5-3-16(24)4-6-17/h2-7,12,14,26H,8-11,13H2,1H3. The zero-order valence-electron chi connectivity index (χ0n) is 17.1. The van der Waals surface area contributed by atoms with Crippen LogP contribution in [-0.4, -0.2) is 51.5 Å². The Kier molecular flexibility index (Phi) is 4.90. The van der Waals surface area contributed by atoms with E-state index in [2.05, 4.69) is 14.9 Å². The maximum absolute atomic E-state index is 13.0. The number of carbonyl (C=O) groups is 1. The zero-order valence-corrected chi connectivity index (χ0v) is 17.9. The summed E-state index contributed by atoms with van der Waals surface area (Å²) in [4.78, 5) is 37.5. The molecular formula is C23H22ClN5O2. The highest BCUT2D eigenvalue weighted by molar-refractivity contribution is 6.30. The number of nitrogens with one attached hydrogen (secondary N) is 1. The first-order valence-electron chi connectivity index (χ1n) is 10.3. The summed E-state index contributed by atoms with van der Waals surface area (Å²) < 4.78 is 1.39. The van der Waals surface area contributed by atoms with E-state index >= 15 is 0 Å². The Morgan fingerprint density at radius 1 is 1.10 bits per heavy atom. The largest absolute Gasteiger partial charge is 0.368 e. The lowest BCUT2D eigenvalue weighted by molar-refractivity contribution is -0.132. The summed E-state index contributed by atoms with van der Waals surface area (Å²) in [6, 6.07) is 13.7. The third-order valence-electron chi connectivity index (χ3n) is 5.86. The second kappa shape index (κ2) is 7.74. The lowest BCUT2D eigenvalue weighted by atomic mass is 10.2. The van der Waals surface area contributed by atoms with Crippen molar-refractivity contribution >= 4 is 45.1 Å². The molecule has 5 rings (SSSR count). The number of aryl methyl sites for hydroxylation is 1. The third-order valence-corrected chi connectivity index (χ3v) is 6.11. The molecule has 1 aliphatic heterocycles. The van der Waals surface area contributed by atoms with Gasteiger partial charge in [-0.05, 0) is 43.3 Å². The summed E-state index contributed by atoms with van der Waals surface area (Å²) in [5, 5.41) is 1.63. The number of aromatic amines is 1. The van der Waals surface area contributed by atoms with Crippen molar-refractivity contribution in [2.75, 3.05) is 31.1 Å². The molecule has 8 heteroatoms. The molecule has 31 heavy (non-hydrogen) atoms. The second-order valence-electron chi connectivity index (χ2n) is 7.92. The van der Waals surface area contributed by atoms with Crippen molar-refractivity contribution in [1.29, 1.82) is 0 Å². The number of fused-ring (bicyclic) bond motifs is 3. The summed E-state index contributed by atoms with van der Waals surface area (Å²) in [5.74, 6) is -0.0778. The molecule has 0 aliphatic carbocycles. The predicted octanol–water partition coefficient (Wildman–Crippen LogP) is 3.19. The number of nitrogens with zero attached hydrogens (tertiary/aromatic N) is 4. The molecular weight excluding hydrogens is 414 g/mol. The van der Waals surface area contributed by atoms with Crippen molar-refractivity contribution in [1.82, 2.24) is 19.4 Å². The van der Waals surface area contributed by atoms with Gasteiger partial charge in [0.15, 0.2) is 0 Å². The highest BCUT2D eigenvalue weighted by atomic mass is 35.5. The molecule has 0 bridgehead atoms. The van der Waals surface area contributed by atoms with E-state index in [0.29, 0.717) is 29.1 Å². The zero-order chi connectivity index (χ0) is 21.5. The monoisotopic (exact) mass is 435 g/mol. The fourth-order valence-corrected chi connectivity index (χ4v) is 4.25. The minimum Gasteiger partial charge on any atom is -0.368 e.